The molecule has 0 aliphatic heterocycles. The Morgan fingerprint density at radius 1 is 0.413 bits per heavy atom. The number of rotatable bonds is 4. The number of hydrogen-bond donors (Lipinski definition) is 0. The van der Waals surface area contributed by atoms with E-state index in [1.54, 1.807) is 0 Å². The van der Waals surface area contributed by atoms with Crippen LogP contribution in [0.4, 0.5) is 0 Å². The fraction of sp³-hybridized carbons (Fsp3) is 0. The minimum Gasteiger partial charge on any atom is -0.192 e. The lowest BCUT2D eigenvalue weighted by atomic mass is 9.83. The summed E-state index contributed by atoms with van der Waals surface area (Å²) in [7, 11) is 0. The molecular formula is C43H25NS2. The van der Waals surface area contributed by atoms with E-state index in [9.17, 15) is 5.26 Å². The smallest absolute Gasteiger partial charge is 0.0998 e. The minimum absolute atomic E-state index is 0.672. The summed E-state index contributed by atoms with van der Waals surface area (Å²) in [5.74, 6) is 0. The highest BCUT2D eigenvalue weighted by Crippen LogP contribution is 2.50. The van der Waals surface area contributed by atoms with Gasteiger partial charge in [0.2, 0.25) is 0 Å². The van der Waals surface area contributed by atoms with Crippen molar-refractivity contribution in [1.29, 1.82) is 5.26 Å². The third-order valence-corrected chi connectivity index (χ3v) is 11.3. The molecule has 9 aromatic rings. The third-order valence-electron chi connectivity index (χ3n) is 8.95. The number of thiophene rings is 2. The van der Waals surface area contributed by atoms with Gasteiger partial charge in [0, 0.05) is 45.9 Å². The standard InChI is InChI=1S/C43H25NS2/c44-26-28-14-4-5-15-30(28)29-24-36(32-18-11-23-40-42(32)35-17-7-9-22-39(35)45-40)41(27-12-2-1-3-13-27)37(25-29)34-20-10-19-33-31-16-6-8-21-38(31)46-43(33)34/h1-25H. The SMILES string of the molecule is N#Cc1ccccc1-c1cc(-c2cccc3c2sc2ccccc23)c(-c2ccccc2)c(-c2cccc3sc4ccccc4c23)c1. The summed E-state index contributed by atoms with van der Waals surface area (Å²) in [6.07, 6.45) is 0. The predicted octanol–water partition coefficient (Wildman–Crippen LogP) is 13.0. The second kappa shape index (κ2) is 10.8. The van der Waals surface area contributed by atoms with E-state index in [1.807, 2.05) is 40.9 Å². The first-order chi connectivity index (χ1) is 22.8. The summed E-state index contributed by atoms with van der Waals surface area (Å²) >= 11 is 3.70. The summed E-state index contributed by atoms with van der Waals surface area (Å²) in [6, 6.07) is 56.6. The van der Waals surface area contributed by atoms with Gasteiger partial charge in [-0.15, -0.1) is 22.7 Å². The molecule has 214 valence electrons. The zero-order valence-electron chi connectivity index (χ0n) is 24.7. The molecule has 0 aliphatic carbocycles. The number of hydrogen-bond acceptors (Lipinski definition) is 3. The Morgan fingerprint density at radius 2 is 1.00 bits per heavy atom. The van der Waals surface area contributed by atoms with Crippen LogP contribution in [-0.2, 0) is 0 Å². The molecule has 7 aromatic carbocycles. The predicted molar refractivity (Wildman–Crippen MR) is 199 cm³/mol. The minimum atomic E-state index is 0.672. The largest absolute Gasteiger partial charge is 0.192 e. The second-order valence-corrected chi connectivity index (χ2v) is 13.7. The molecule has 9 rings (SSSR count). The Balaban J connectivity index is 1.48. The van der Waals surface area contributed by atoms with Crippen LogP contribution < -0.4 is 0 Å². The highest BCUT2D eigenvalue weighted by molar-refractivity contribution is 7.26. The van der Waals surface area contributed by atoms with Crippen LogP contribution in [0.5, 0.6) is 0 Å². The topological polar surface area (TPSA) is 23.8 Å². The maximum Gasteiger partial charge on any atom is 0.0998 e. The van der Waals surface area contributed by atoms with Gasteiger partial charge < -0.3 is 0 Å². The molecule has 0 aliphatic rings. The maximum atomic E-state index is 10.2. The summed E-state index contributed by atoms with van der Waals surface area (Å²) < 4.78 is 5.12. The van der Waals surface area contributed by atoms with E-state index >= 15 is 0 Å². The molecule has 0 N–H and O–H groups in total. The van der Waals surface area contributed by atoms with Crippen molar-refractivity contribution in [3.63, 3.8) is 0 Å². The Labute approximate surface area is 274 Å². The Bertz CT molecular complexity index is 2650. The van der Waals surface area contributed by atoms with E-state index in [0.717, 1.165) is 11.1 Å². The Hall–Kier alpha value is -5.53. The summed E-state index contributed by atoms with van der Waals surface area (Å²) in [6.45, 7) is 0. The van der Waals surface area contributed by atoms with Gasteiger partial charge in [-0.3, -0.25) is 0 Å². The van der Waals surface area contributed by atoms with Crippen LogP contribution in [-0.4, -0.2) is 0 Å². The van der Waals surface area contributed by atoms with E-state index in [0.29, 0.717) is 5.56 Å². The van der Waals surface area contributed by atoms with Crippen LogP contribution in [0, 0.1) is 11.3 Å². The summed E-state index contributed by atoms with van der Waals surface area (Å²) in [5.41, 5.74) is 9.76. The zero-order chi connectivity index (χ0) is 30.6. The highest BCUT2D eigenvalue weighted by Gasteiger charge is 2.22. The first kappa shape index (κ1) is 26.8. The van der Waals surface area contributed by atoms with Crippen molar-refractivity contribution in [3.05, 3.63) is 157 Å². The van der Waals surface area contributed by atoms with Crippen LogP contribution in [0.15, 0.2) is 152 Å². The molecular weight excluding hydrogens is 595 g/mol. The van der Waals surface area contributed by atoms with E-state index in [-0.39, 0.29) is 0 Å². The molecule has 0 radical (unpaired) electrons. The fourth-order valence-corrected chi connectivity index (χ4v) is 9.29. The Morgan fingerprint density at radius 3 is 1.83 bits per heavy atom. The molecule has 0 atom stereocenters. The molecule has 0 unspecified atom stereocenters. The first-order valence-corrected chi connectivity index (χ1v) is 17.0. The fourth-order valence-electron chi connectivity index (χ4n) is 6.93. The number of nitrogens with zero attached hydrogens (tertiary/aromatic N) is 1. The van der Waals surface area contributed by atoms with Crippen molar-refractivity contribution in [2.45, 2.75) is 0 Å². The normalized spacial score (nSPS) is 11.5. The molecule has 0 bridgehead atoms. The molecule has 2 aromatic heterocycles. The van der Waals surface area contributed by atoms with Gasteiger partial charge in [-0.05, 0) is 75.3 Å². The number of nitriles is 1. The van der Waals surface area contributed by atoms with Gasteiger partial charge in [0.05, 0.1) is 11.6 Å². The average Bonchev–Trinajstić information content (AvgIpc) is 3.70. The molecule has 46 heavy (non-hydrogen) atoms. The van der Waals surface area contributed by atoms with Gasteiger partial charge in [-0.25, -0.2) is 0 Å². The van der Waals surface area contributed by atoms with Gasteiger partial charge in [0.25, 0.3) is 0 Å². The van der Waals surface area contributed by atoms with Crippen molar-refractivity contribution >= 4 is 63.0 Å². The van der Waals surface area contributed by atoms with E-state index in [4.69, 9.17) is 0 Å². The number of fused-ring (bicyclic) bond motifs is 6. The molecule has 1 nitrogen and oxygen atoms in total. The lowest BCUT2D eigenvalue weighted by Gasteiger charge is -2.20. The molecule has 0 amide bonds. The van der Waals surface area contributed by atoms with Crippen molar-refractivity contribution < 1.29 is 0 Å². The zero-order valence-corrected chi connectivity index (χ0v) is 26.3. The summed E-state index contributed by atoms with van der Waals surface area (Å²) in [4.78, 5) is 0. The van der Waals surface area contributed by atoms with Crippen LogP contribution in [0.3, 0.4) is 0 Å². The first-order valence-electron chi connectivity index (χ1n) is 15.3. The van der Waals surface area contributed by atoms with E-state index < -0.39 is 0 Å². The van der Waals surface area contributed by atoms with Crippen molar-refractivity contribution in [3.8, 4) is 50.6 Å². The van der Waals surface area contributed by atoms with Crippen LogP contribution in [0.1, 0.15) is 5.56 Å². The average molecular weight is 620 g/mol. The quantitative estimate of drug-likeness (QED) is 0.192. The van der Waals surface area contributed by atoms with Gasteiger partial charge in [0.1, 0.15) is 0 Å². The number of benzene rings is 7. The lowest BCUT2D eigenvalue weighted by molar-refractivity contribution is 1.48. The third kappa shape index (κ3) is 4.19. The second-order valence-electron chi connectivity index (χ2n) is 11.5. The Kier molecular flexibility index (Phi) is 6.31. The van der Waals surface area contributed by atoms with Gasteiger partial charge in [-0.2, -0.15) is 5.26 Å². The van der Waals surface area contributed by atoms with Gasteiger partial charge >= 0.3 is 0 Å². The summed E-state index contributed by atoms with van der Waals surface area (Å²) in [5, 5.41) is 15.3. The molecule has 0 saturated heterocycles. The van der Waals surface area contributed by atoms with Crippen molar-refractivity contribution in [1.82, 2.24) is 0 Å². The van der Waals surface area contributed by atoms with E-state index in [1.165, 1.54) is 73.7 Å². The molecule has 3 heteroatoms. The molecule has 0 spiro atoms. The van der Waals surface area contributed by atoms with E-state index in [2.05, 4.69) is 140 Å². The highest BCUT2D eigenvalue weighted by atomic mass is 32.1. The van der Waals surface area contributed by atoms with Crippen LogP contribution in [0.25, 0.3) is 84.9 Å². The lowest BCUT2D eigenvalue weighted by Crippen LogP contribution is -1.94. The monoisotopic (exact) mass is 619 g/mol. The van der Waals surface area contributed by atoms with Crippen LogP contribution >= 0.6 is 22.7 Å². The molecule has 0 fully saturated rings. The molecule has 0 saturated carbocycles. The van der Waals surface area contributed by atoms with Gasteiger partial charge in [-0.1, -0.05) is 115 Å². The van der Waals surface area contributed by atoms with Gasteiger partial charge in [0.15, 0.2) is 0 Å². The maximum absolute atomic E-state index is 10.2. The van der Waals surface area contributed by atoms with Crippen molar-refractivity contribution in [2.24, 2.45) is 0 Å². The van der Waals surface area contributed by atoms with Crippen molar-refractivity contribution in [2.75, 3.05) is 0 Å². The molecule has 2 heterocycles. The van der Waals surface area contributed by atoms with Crippen LogP contribution in [0.2, 0.25) is 0 Å².